The predicted molar refractivity (Wildman–Crippen MR) is 104 cm³/mol. The van der Waals surface area contributed by atoms with Crippen LogP contribution in [0.3, 0.4) is 0 Å². The Balaban J connectivity index is 1.69. The van der Waals surface area contributed by atoms with Crippen LogP contribution in [0.4, 0.5) is 10.3 Å². The Bertz CT molecular complexity index is 1040. The summed E-state index contributed by atoms with van der Waals surface area (Å²) in [7, 11) is 1.73. The fourth-order valence-electron chi connectivity index (χ4n) is 3.27. The van der Waals surface area contributed by atoms with Crippen LogP contribution in [0.25, 0.3) is 16.8 Å². The Morgan fingerprint density at radius 1 is 1.04 bits per heavy atom. The average Bonchev–Trinajstić information content (AvgIpc) is 2.71. The molecule has 1 aromatic carbocycles. The number of hydrogen-bond donors (Lipinski definition) is 0. The number of halogens is 1. The largest absolute Gasteiger partial charge is 0.338 e. The predicted octanol–water partition coefficient (Wildman–Crippen LogP) is 3.28. The summed E-state index contributed by atoms with van der Waals surface area (Å²) in [6, 6.07) is 11.7. The molecule has 0 saturated carbocycles. The third-order valence-electron chi connectivity index (χ3n) is 4.74. The van der Waals surface area contributed by atoms with Crippen LogP contribution in [0, 0.1) is 5.82 Å². The third-order valence-corrected chi connectivity index (χ3v) is 4.74. The molecule has 0 N–H and O–H groups in total. The quantitative estimate of drug-likeness (QED) is 0.718. The molecule has 0 amide bonds. The lowest BCUT2D eigenvalue weighted by atomic mass is 10.0. The summed E-state index contributed by atoms with van der Waals surface area (Å²) in [4.78, 5) is 23.3. The molecular formula is C21H19FN4O. The molecule has 5 nitrogen and oxygen atoms in total. The molecule has 27 heavy (non-hydrogen) atoms. The zero-order valence-electron chi connectivity index (χ0n) is 15.0. The Morgan fingerprint density at radius 2 is 1.78 bits per heavy atom. The van der Waals surface area contributed by atoms with Crippen molar-refractivity contribution in [3.8, 4) is 11.3 Å². The molecule has 0 unspecified atom stereocenters. The first kappa shape index (κ1) is 17.1. The van der Waals surface area contributed by atoms with Crippen molar-refractivity contribution in [2.45, 2.75) is 6.42 Å². The standard InChI is InChI=1S/C21H19FN4O/c1-25-20(27)13-19(16-8-10-23-11-9-16)24-21(25)26-12-2-3-17(14-26)15-4-6-18(22)7-5-15/h3-11,13H,2,12,14H2,1H3. The highest BCUT2D eigenvalue weighted by Crippen LogP contribution is 2.25. The Kier molecular flexibility index (Phi) is 4.54. The molecule has 0 fully saturated rings. The molecule has 6 heteroatoms. The summed E-state index contributed by atoms with van der Waals surface area (Å²) >= 11 is 0. The molecule has 1 aliphatic heterocycles. The van der Waals surface area contributed by atoms with Gasteiger partial charge in [-0.1, -0.05) is 18.2 Å². The van der Waals surface area contributed by atoms with Gasteiger partial charge in [0.05, 0.1) is 5.69 Å². The minimum absolute atomic E-state index is 0.107. The van der Waals surface area contributed by atoms with E-state index in [1.165, 1.54) is 12.1 Å². The van der Waals surface area contributed by atoms with Gasteiger partial charge < -0.3 is 4.90 Å². The highest BCUT2D eigenvalue weighted by Gasteiger charge is 2.19. The highest BCUT2D eigenvalue weighted by molar-refractivity contribution is 5.71. The smallest absolute Gasteiger partial charge is 0.255 e. The van der Waals surface area contributed by atoms with Crippen LogP contribution in [-0.4, -0.2) is 27.6 Å². The lowest BCUT2D eigenvalue weighted by Crippen LogP contribution is -2.35. The molecule has 0 spiro atoms. The van der Waals surface area contributed by atoms with Gasteiger partial charge in [-0.25, -0.2) is 9.37 Å². The summed E-state index contributed by atoms with van der Waals surface area (Å²) in [5.74, 6) is 0.378. The van der Waals surface area contributed by atoms with Gasteiger partial charge in [0.1, 0.15) is 5.82 Å². The SMILES string of the molecule is Cn1c(N2CCC=C(c3ccc(F)cc3)C2)nc(-c2ccncc2)cc1=O. The summed E-state index contributed by atoms with van der Waals surface area (Å²) in [5, 5.41) is 0. The maximum absolute atomic E-state index is 13.2. The molecule has 3 aromatic rings. The van der Waals surface area contributed by atoms with Crippen LogP contribution in [-0.2, 0) is 7.05 Å². The summed E-state index contributed by atoms with van der Waals surface area (Å²) in [6.07, 6.45) is 6.37. The van der Waals surface area contributed by atoms with Gasteiger partial charge >= 0.3 is 0 Å². The second-order valence-electron chi connectivity index (χ2n) is 6.52. The summed E-state index contributed by atoms with van der Waals surface area (Å²) < 4.78 is 14.8. The zero-order valence-corrected chi connectivity index (χ0v) is 15.0. The van der Waals surface area contributed by atoms with Crippen molar-refractivity contribution in [2.24, 2.45) is 7.05 Å². The van der Waals surface area contributed by atoms with E-state index < -0.39 is 0 Å². The lowest BCUT2D eigenvalue weighted by molar-refractivity contribution is 0.627. The van der Waals surface area contributed by atoms with Crippen LogP contribution in [0.1, 0.15) is 12.0 Å². The first-order chi connectivity index (χ1) is 13.1. The number of benzene rings is 1. The van der Waals surface area contributed by atoms with Crippen LogP contribution >= 0.6 is 0 Å². The summed E-state index contributed by atoms with van der Waals surface area (Å²) in [5.41, 5.74) is 3.47. The molecule has 4 rings (SSSR count). The molecule has 3 heterocycles. The van der Waals surface area contributed by atoms with Gasteiger partial charge in [0, 0.05) is 44.2 Å². The van der Waals surface area contributed by atoms with Crippen molar-refractivity contribution in [2.75, 3.05) is 18.0 Å². The maximum atomic E-state index is 13.2. The van der Waals surface area contributed by atoms with Crippen LogP contribution in [0.2, 0.25) is 0 Å². The Hall–Kier alpha value is -3.28. The fraction of sp³-hybridized carbons (Fsp3) is 0.190. The molecule has 2 aromatic heterocycles. The first-order valence-electron chi connectivity index (χ1n) is 8.80. The molecule has 0 aliphatic carbocycles. The maximum Gasteiger partial charge on any atom is 0.255 e. The van der Waals surface area contributed by atoms with E-state index in [1.54, 1.807) is 42.2 Å². The van der Waals surface area contributed by atoms with Crippen LogP contribution in [0.15, 0.2) is 65.7 Å². The van der Waals surface area contributed by atoms with Crippen LogP contribution in [0.5, 0.6) is 0 Å². The zero-order chi connectivity index (χ0) is 18.8. The molecule has 1 aliphatic rings. The van der Waals surface area contributed by atoms with Crippen LogP contribution < -0.4 is 10.5 Å². The van der Waals surface area contributed by atoms with Crippen molar-refractivity contribution in [3.05, 3.63) is 82.7 Å². The highest BCUT2D eigenvalue weighted by atomic mass is 19.1. The van der Waals surface area contributed by atoms with Gasteiger partial charge in [0.2, 0.25) is 5.95 Å². The van der Waals surface area contributed by atoms with E-state index in [2.05, 4.69) is 16.0 Å². The second kappa shape index (κ2) is 7.15. The molecule has 0 atom stereocenters. The van der Waals surface area contributed by atoms with E-state index in [0.717, 1.165) is 29.7 Å². The van der Waals surface area contributed by atoms with Crippen molar-refractivity contribution in [1.29, 1.82) is 0 Å². The third kappa shape index (κ3) is 3.51. The minimum Gasteiger partial charge on any atom is -0.338 e. The van der Waals surface area contributed by atoms with Gasteiger partial charge in [-0.3, -0.25) is 14.3 Å². The average molecular weight is 362 g/mol. The molecular weight excluding hydrogens is 343 g/mol. The second-order valence-corrected chi connectivity index (χ2v) is 6.52. The van der Waals surface area contributed by atoms with Gasteiger partial charge in [-0.05, 0) is 41.8 Å². The number of anilines is 1. The van der Waals surface area contributed by atoms with Gasteiger partial charge in [0.25, 0.3) is 5.56 Å². The Labute approximate surface area is 156 Å². The van der Waals surface area contributed by atoms with Crippen molar-refractivity contribution >= 4 is 11.5 Å². The van der Waals surface area contributed by atoms with Crippen molar-refractivity contribution in [1.82, 2.24) is 14.5 Å². The van der Waals surface area contributed by atoms with Crippen molar-refractivity contribution in [3.63, 3.8) is 0 Å². The van der Waals surface area contributed by atoms with E-state index >= 15 is 0 Å². The monoisotopic (exact) mass is 362 g/mol. The molecule has 0 saturated heterocycles. The van der Waals surface area contributed by atoms with E-state index in [-0.39, 0.29) is 11.4 Å². The number of pyridine rings is 1. The Morgan fingerprint density at radius 3 is 2.52 bits per heavy atom. The van der Waals surface area contributed by atoms with E-state index in [0.29, 0.717) is 18.2 Å². The van der Waals surface area contributed by atoms with Gasteiger partial charge in [0.15, 0.2) is 0 Å². The van der Waals surface area contributed by atoms with Crippen molar-refractivity contribution < 1.29 is 4.39 Å². The number of aromatic nitrogens is 3. The van der Waals surface area contributed by atoms with E-state index in [9.17, 15) is 9.18 Å². The molecule has 0 bridgehead atoms. The molecule has 136 valence electrons. The topological polar surface area (TPSA) is 51.0 Å². The number of rotatable bonds is 3. The number of hydrogen-bond acceptors (Lipinski definition) is 4. The normalized spacial score (nSPS) is 14.1. The first-order valence-corrected chi connectivity index (χ1v) is 8.80. The van der Waals surface area contributed by atoms with Gasteiger partial charge in [-0.15, -0.1) is 0 Å². The minimum atomic E-state index is -0.249. The van der Waals surface area contributed by atoms with E-state index in [1.807, 2.05) is 12.1 Å². The van der Waals surface area contributed by atoms with E-state index in [4.69, 9.17) is 4.98 Å². The molecule has 0 radical (unpaired) electrons. The summed E-state index contributed by atoms with van der Waals surface area (Å²) in [6.45, 7) is 1.39. The fourth-order valence-corrected chi connectivity index (χ4v) is 3.27. The van der Waals surface area contributed by atoms with Gasteiger partial charge in [-0.2, -0.15) is 0 Å². The lowest BCUT2D eigenvalue weighted by Gasteiger charge is -2.30. The number of nitrogens with zero attached hydrogens (tertiary/aromatic N) is 4.